The molecule has 1 saturated carbocycles. The zero-order chi connectivity index (χ0) is 16.4. The van der Waals surface area contributed by atoms with Crippen LogP contribution in [0.1, 0.15) is 48.0 Å². The van der Waals surface area contributed by atoms with E-state index in [2.05, 4.69) is 5.32 Å². The van der Waals surface area contributed by atoms with E-state index in [1.807, 2.05) is 18.0 Å². The molecular formula is C18H21N3O2. The molecule has 1 aliphatic heterocycles. The maximum atomic E-state index is 12.3. The summed E-state index contributed by atoms with van der Waals surface area (Å²) in [5, 5.41) is 11.8. The maximum Gasteiger partial charge on any atom is 0.251 e. The number of rotatable bonds is 3. The van der Waals surface area contributed by atoms with Gasteiger partial charge in [-0.1, -0.05) is 6.42 Å². The number of nitriles is 1. The number of piperidine rings is 1. The molecule has 1 N–H and O–H groups in total. The summed E-state index contributed by atoms with van der Waals surface area (Å²) in [4.78, 5) is 26.1. The molecule has 2 atom stereocenters. The van der Waals surface area contributed by atoms with Gasteiger partial charge in [-0.2, -0.15) is 5.26 Å². The molecule has 2 fully saturated rings. The fourth-order valence-corrected chi connectivity index (χ4v) is 4.07. The Morgan fingerprint density at radius 1 is 1.39 bits per heavy atom. The maximum absolute atomic E-state index is 12.3. The number of nitrogens with one attached hydrogen (secondary N) is 1. The van der Waals surface area contributed by atoms with Crippen molar-refractivity contribution in [3.05, 3.63) is 35.4 Å². The Balaban J connectivity index is 1.68. The van der Waals surface area contributed by atoms with Crippen LogP contribution in [0.25, 0.3) is 0 Å². The van der Waals surface area contributed by atoms with Crippen LogP contribution in [-0.4, -0.2) is 36.3 Å². The van der Waals surface area contributed by atoms with E-state index >= 15 is 0 Å². The lowest BCUT2D eigenvalue weighted by molar-refractivity contribution is -0.139. The minimum atomic E-state index is -0.117. The van der Waals surface area contributed by atoms with E-state index in [-0.39, 0.29) is 23.3 Å². The molecule has 0 radical (unpaired) electrons. The van der Waals surface area contributed by atoms with Crippen LogP contribution in [0.5, 0.6) is 0 Å². The molecule has 2 amide bonds. The number of hydrogen-bond acceptors (Lipinski definition) is 3. The van der Waals surface area contributed by atoms with Crippen molar-refractivity contribution in [2.24, 2.45) is 5.41 Å². The lowest BCUT2D eigenvalue weighted by atomic mass is 9.74. The molecular weight excluding hydrogens is 290 g/mol. The summed E-state index contributed by atoms with van der Waals surface area (Å²) in [7, 11) is 1.88. The summed E-state index contributed by atoms with van der Waals surface area (Å²) in [5.74, 6) is 0.0972. The number of carbonyl (C=O) groups excluding carboxylic acids is 2. The van der Waals surface area contributed by atoms with Gasteiger partial charge in [-0.25, -0.2) is 0 Å². The van der Waals surface area contributed by atoms with Crippen LogP contribution in [0.15, 0.2) is 24.3 Å². The standard InChI is InChI=1S/C18H21N3O2/c1-21-15-3-2-9-18(15,10-8-16(21)22)12-20-17(23)14-6-4-13(11-19)5-7-14/h4-7,15H,2-3,8-10,12H2,1H3,(H,20,23)/t15-,18+/m1/s1. The van der Waals surface area contributed by atoms with E-state index in [0.717, 1.165) is 25.7 Å². The van der Waals surface area contributed by atoms with Crippen molar-refractivity contribution in [3.63, 3.8) is 0 Å². The van der Waals surface area contributed by atoms with Gasteiger partial charge in [-0.3, -0.25) is 9.59 Å². The van der Waals surface area contributed by atoms with Crippen LogP contribution in [0, 0.1) is 16.7 Å². The number of benzene rings is 1. The second kappa shape index (κ2) is 6.04. The van der Waals surface area contributed by atoms with Crippen LogP contribution >= 0.6 is 0 Å². The fourth-order valence-electron chi connectivity index (χ4n) is 4.07. The van der Waals surface area contributed by atoms with Gasteiger partial charge in [0.2, 0.25) is 5.91 Å². The Kier molecular flexibility index (Phi) is 4.08. The number of nitrogens with zero attached hydrogens (tertiary/aromatic N) is 2. The molecule has 1 aliphatic carbocycles. The lowest BCUT2D eigenvalue weighted by Gasteiger charge is -2.44. The fraction of sp³-hybridized carbons (Fsp3) is 0.500. The third-order valence-corrected chi connectivity index (χ3v) is 5.43. The minimum Gasteiger partial charge on any atom is -0.351 e. The third kappa shape index (κ3) is 2.81. The van der Waals surface area contributed by atoms with E-state index in [0.29, 0.717) is 24.1 Å². The molecule has 1 saturated heterocycles. The molecule has 5 nitrogen and oxygen atoms in total. The summed E-state index contributed by atoms with van der Waals surface area (Å²) < 4.78 is 0. The zero-order valence-corrected chi connectivity index (χ0v) is 13.3. The lowest BCUT2D eigenvalue weighted by Crippen LogP contribution is -2.54. The SMILES string of the molecule is CN1C(=O)CC[C@]2(CNC(=O)c3ccc(C#N)cc3)CCC[C@@H]12. The van der Waals surface area contributed by atoms with Gasteiger partial charge in [0.05, 0.1) is 11.6 Å². The second-order valence-electron chi connectivity index (χ2n) is 6.65. The molecule has 1 aromatic carbocycles. The van der Waals surface area contributed by atoms with Crippen molar-refractivity contribution in [2.45, 2.75) is 38.1 Å². The second-order valence-corrected chi connectivity index (χ2v) is 6.65. The van der Waals surface area contributed by atoms with Gasteiger partial charge in [0.25, 0.3) is 5.91 Å². The molecule has 0 spiro atoms. The predicted octanol–water partition coefficient (Wildman–Crippen LogP) is 2.08. The van der Waals surface area contributed by atoms with Crippen molar-refractivity contribution < 1.29 is 9.59 Å². The summed E-state index contributed by atoms with van der Waals surface area (Å²) in [6.07, 6.45) is 4.61. The molecule has 0 unspecified atom stereocenters. The van der Waals surface area contributed by atoms with Gasteiger partial charge in [0.15, 0.2) is 0 Å². The van der Waals surface area contributed by atoms with Crippen molar-refractivity contribution in [3.8, 4) is 6.07 Å². The number of likely N-dealkylation sites (tertiary alicyclic amines) is 1. The first kappa shape index (κ1) is 15.5. The highest BCUT2D eigenvalue weighted by Crippen LogP contribution is 2.47. The number of hydrogen-bond donors (Lipinski definition) is 1. The Morgan fingerprint density at radius 2 is 2.13 bits per heavy atom. The molecule has 23 heavy (non-hydrogen) atoms. The van der Waals surface area contributed by atoms with E-state index in [1.165, 1.54) is 0 Å². The van der Waals surface area contributed by atoms with E-state index in [9.17, 15) is 9.59 Å². The first-order valence-corrected chi connectivity index (χ1v) is 8.10. The third-order valence-electron chi connectivity index (χ3n) is 5.43. The summed E-state index contributed by atoms with van der Waals surface area (Å²) in [5.41, 5.74) is 1.13. The highest BCUT2D eigenvalue weighted by Gasteiger charge is 2.49. The first-order chi connectivity index (χ1) is 11.1. The summed E-state index contributed by atoms with van der Waals surface area (Å²) >= 11 is 0. The smallest absolute Gasteiger partial charge is 0.251 e. The molecule has 1 heterocycles. The van der Waals surface area contributed by atoms with E-state index in [1.54, 1.807) is 24.3 Å². The molecule has 0 bridgehead atoms. The van der Waals surface area contributed by atoms with Gasteiger partial charge < -0.3 is 10.2 Å². The Bertz CT molecular complexity index is 662. The highest BCUT2D eigenvalue weighted by atomic mass is 16.2. The zero-order valence-electron chi connectivity index (χ0n) is 13.3. The Hall–Kier alpha value is -2.35. The summed E-state index contributed by atoms with van der Waals surface area (Å²) in [6.45, 7) is 0.605. The topological polar surface area (TPSA) is 73.2 Å². The molecule has 0 aromatic heterocycles. The van der Waals surface area contributed by atoms with Gasteiger partial charge in [-0.05, 0) is 43.5 Å². The first-order valence-electron chi connectivity index (χ1n) is 8.10. The molecule has 5 heteroatoms. The average molecular weight is 311 g/mol. The minimum absolute atomic E-state index is 0.0188. The van der Waals surface area contributed by atoms with Crippen molar-refractivity contribution in [1.82, 2.24) is 10.2 Å². The van der Waals surface area contributed by atoms with Crippen molar-refractivity contribution in [1.29, 1.82) is 5.26 Å². The number of fused-ring (bicyclic) bond motifs is 1. The van der Waals surface area contributed by atoms with Gasteiger partial charge in [-0.15, -0.1) is 0 Å². The van der Waals surface area contributed by atoms with Gasteiger partial charge >= 0.3 is 0 Å². The van der Waals surface area contributed by atoms with Crippen molar-refractivity contribution >= 4 is 11.8 Å². The predicted molar refractivity (Wildman–Crippen MR) is 85.6 cm³/mol. The highest BCUT2D eigenvalue weighted by molar-refractivity contribution is 5.94. The molecule has 120 valence electrons. The number of carbonyl (C=O) groups is 2. The van der Waals surface area contributed by atoms with Gasteiger partial charge in [0, 0.05) is 37.0 Å². The monoisotopic (exact) mass is 311 g/mol. The molecule has 1 aromatic rings. The largest absolute Gasteiger partial charge is 0.351 e. The van der Waals surface area contributed by atoms with Crippen LogP contribution in [0.3, 0.4) is 0 Å². The number of amides is 2. The van der Waals surface area contributed by atoms with Crippen LogP contribution in [0.4, 0.5) is 0 Å². The van der Waals surface area contributed by atoms with E-state index < -0.39 is 0 Å². The van der Waals surface area contributed by atoms with Crippen molar-refractivity contribution in [2.75, 3.05) is 13.6 Å². The van der Waals surface area contributed by atoms with Gasteiger partial charge in [0.1, 0.15) is 0 Å². The van der Waals surface area contributed by atoms with Crippen LogP contribution < -0.4 is 5.32 Å². The average Bonchev–Trinajstić information content (AvgIpc) is 3.01. The quantitative estimate of drug-likeness (QED) is 0.929. The molecule has 2 aliphatic rings. The van der Waals surface area contributed by atoms with E-state index in [4.69, 9.17) is 5.26 Å². The Morgan fingerprint density at radius 3 is 2.83 bits per heavy atom. The summed E-state index contributed by atoms with van der Waals surface area (Å²) in [6, 6.07) is 8.94. The van der Waals surface area contributed by atoms with Crippen LogP contribution in [-0.2, 0) is 4.79 Å². The normalized spacial score (nSPS) is 26.5. The Labute approximate surface area is 136 Å². The molecule has 3 rings (SSSR count). The van der Waals surface area contributed by atoms with Crippen LogP contribution in [0.2, 0.25) is 0 Å².